The smallest absolute Gasteiger partial charge is 0.155 e. The van der Waals surface area contributed by atoms with Crippen LogP contribution in [0.25, 0.3) is 39.4 Å². The average Bonchev–Trinajstić information content (AvgIpc) is 3.41. The van der Waals surface area contributed by atoms with Gasteiger partial charge in [-0.05, 0) is 47.8 Å². The van der Waals surface area contributed by atoms with Gasteiger partial charge in [0.05, 0.1) is 12.8 Å². The molecule has 0 aliphatic rings. The molecule has 0 aliphatic heterocycles. The van der Waals surface area contributed by atoms with Crippen molar-refractivity contribution in [2.45, 2.75) is 0 Å². The van der Waals surface area contributed by atoms with Crippen molar-refractivity contribution in [3.05, 3.63) is 82.0 Å². The molecule has 0 aliphatic carbocycles. The van der Waals surface area contributed by atoms with Gasteiger partial charge in [-0.25, -0.2) is 9.50 Å². The monoisotopic (exact) mass is 461 g/mol. The molecule has 0 spiro atoms. The average molecular weight is 462 g/mol. The molecule has 142 valence electrons. The zero-order valence-corrected chi connectivity index (χ0v) is 17.9. The first-order chi connectivity index (χ1) is 14.2. The highest BCUT2D eigenvalue weighted by Gasteiger charge is 2.20. The summed E-state index contributed by atoms with van der Waals surface area (Å²) in [5, 5.41) is 9.09. The highest BCUT2D eigenvalue weighted by molar-refractivity contribution is 9.10. The third kappa shape index (κ3) is 3.24. The van der Waals surface area contributed by atoms with Crippen LogP contribution in [0.4, 0.5) is 0 Å². The van der Waals surface area contributed by atoms with E-state index in [1.54, 1.807) is 18.4 Å². The lowest BCUT2D eigenvalue weighted by atomic mass is 10.0. The van der Waals surface area contributed by atoms with Crippen LogP contribution >= 0.6 is 27.3 Å². The van der Waals surface area contributed by atoms with E-state index in [-0.39, 0.29) is 0 Å². The summed E-state index contributed by atoms with van der Waals surface area (Å²) in [6.07, 6.45) is 0. The number of fused-ring (bicyclic) bond motifs is 1. The van der Waals surface area contributed by atoms with Gasteiger partial charge in [0, 0.05) is 26.5 Å². The van der Waals surface area contributed by atoms with Gasteiger partial charge in [-0.1, -0.05) is 40.2 Å². The summed E-state index contributed by atoms with van der Waals surface area (Å²) < 4.78 is 8.55. The number of nitrogens with zero attached hydrogens (tertiary/aromatic N) is 3. The van der Waals surface area contributed by atoms with Gasteiger partial charge in [0.2, 0.25) is 0 Å². The minimum atomic E-state index is 0.783. The molecule has 4 nitrogen and oxygen atoms in total. The minimum absolute atomic E-state index is 0.783. The van der Waals surface area contributed by atoms with Crippen molar-refractivity contribution in [3.8, 4) is 39.5 Å². The Kier molecular flexibility index (Phi) is 4.66. The van der Waals surface area contributed by atoms with Gasteiger partial charge in [-0.2, -0.15) is 16.4 Å². The van der Waals surface area contributed by atoms with E-state index in [0.717, 1.165) is 49.6 Å². The van der Waals surface area contributed by atoms with Crippen LogP contribution in [0.15, 0.2) is 82.0 Å². The number of hydrogen-bond acceptors (Lipinski definition) is 4. The van der Waals surface area contributed by atoms with Crippen LogP contribution in [-0.4, -0.2) is 21.7 Å². The Labute approximate surface area is 180 Å². The fourth-order valence-corrected chi connectivity index (χ4v) is 4.47. The number of para-hydroxylation sites is 1. The van der Waals surface area contributed by atoms with Crippen molar-refractivity contribution < 1.29 is 4.74 Å². The van der Waals surface area contributed by atoms with Gasteiger partial charge in [0.1, 0.15) is 17.1 Å². The Balaban J connectivity index is 1.84. The standard InChI is InChI=1S/C23H16BrN3OS/c1-28-20-8-3-2-7-18(20)22-23(15-5-4-6-17(24)13-15)27-21(25-22)10-9-19(26-27)16-11-12-29-14-16/h2-14H,1H3. The van der Waals surface area contributed by atoms with Gasteiger partial charge in [0.15, 0.2) is 5.65 Å². The van der Waals surface area contributed by atoms with Crippen LogP contribution in [0.2, 0.25) is 0 Å². The SMILES string of the molecule is COc1ccccc1-c1nc2ccc(-c3ccsc3)nn2c1-c1cccc(Br)c1. The zero-order valence-electron chi connectivity index (χ0n) is 15.5. The van der Waals surface area contributed by atoms with Crippen molar-refractivity contribution in [1.29, 1.82) is 0 Å². The predicted molar refractivity (Wildman–Crippen MR) is 121 cm³/mol. The third-order valence-corrected chi connectivity index (χ3v) is 5.93. The second kappa shape index (κ2) is 7.46. The predicted octanol–water partition coefficient (Wildman–Crippen LogP) is 6.56. The van der Waals surface area contributed by atoms with E-state index >= 15 is 0 Å². The summed E-state index contributed by atoms with van der Waals surface area (Å²) in [7, 11) is 1.68. The number of aromatic nitrogens is 3. The molecule has 0 atom stereocenters. The van der Waals surface area contributed by atoms with E-state index in [1.807, 2.05) is 53.0 Å². The molecular formula is C23H16BrN3OS. The van der Waals surface area contributed by atoms with Crippen LogP contribution in [-0.2, 0) is 0 Å². The van der Waals surface area contributed by atoms with Gasteiger partial charge >= 0.3 is 0 Å². The maximum Gasteiger partial charge on any atom is 0.155 e. The molecule has 0 saturated carbocycles. The summed E-state index contributed by atoms with van der Waals surface area (Å²) in [4.78, 5) is 4.93. The van der Waals surface area contributed by atoms with E-state index < -0.39 is 0 Å². The number of methoxy groups -OCH3 is 1. The fourth-order valence-electron chi connectivity index (χ4n) is 3.42. The molecule has 0 bridgehead atoms. The summed E-state index contributed by atoms with van der Waals surface area (Å²) in [5.41, 5.74) is 6.55. The molecule has 29 heavy (non-hydrogen) atoms. The Bertz CT molecular complexity index is 1310. The third-order valence-electron chi connectivity index (χ3n) is 4.75. The van der Waals surface area contributed by atoms with Crippen molar-refractivity contribution in [3.63, 3.8) is 0 Å². The topological polar surface area (TPSA) is 39.4 Å². The second-order valence-electron chi connectivity index (χ2n) is 6.52. The molecule has 5 rings (SSSR count). The summed E-state index contributed by atoms with van der Waals surface area (Å²) in [6.45, 7) is 0. The molecule has 0 amide bonds. The molecule has 3 heterocycles. The van der Waals surface area contributed by atoms with E-state index in [9.17, 15) is 0 Å². The van der Waals surface area contributed by atoms with E-state index in [0.29, 0.717) is 0 Å². The maximum atomic E-state index is 5.62. The quantitative estimate of drug-likeness (QED) is 0.304. The van der Waals surface area contributed by atoms with Crippen LogP contribution in [0.3, 0.4) is 0 Å². The number of hydrogen-bond donors (Lipinski definition) is 0. The molecule has 2 aromatic carbocycles. The molecule has 3 aromatic heterocycles. The molecule has 0 N–H and O–H groups in total. The van der Waals surface area contributed by atoms with E-state index in [1.165, 1.54) is 0 Å². The van der Waals surface area contributed by atoms with Gasteiger partial charge in [-0.3, -0.25) is 0 Å². The van der Waals surface area contributed by atoms with Crippen molar-refractivity contribution in [2.75, 3.05) is 7.11 Å². The summed E-state index contributed by atoms with van der Waals surface area (Å²) in [5.74, 6) is 0.783. The van der Waals surface area contributed by atoms with Crippen LogP contribution < -0.4 is 4.74 Å². The van der Waals surface area contributed by atoms with Crippen LogP contribution in [0, 0.1) is 0 Å². The molecule has 0 radical (unpaired) electrons. The Morgan fingerprint density at radius 1 is 0.966 bits per heavy atom. The zero-order chi connectivity index (χ0) is 19.8. The maximum absolute atomic E-state index is 5.62. The number of thiophene rings is 1. The first-order valence-corrected chi connectivity index (χ1v) is 10.8. The number of ether oxygens (including phenoxy) is 1. The van der Waals surface area contributed by atoms with Crippen molar-refractivity contribution in [1.82, 2.24) is 14.6 Å². The summed E-state index contributed by atoms with van der Waals surface area (Å²) >= 11 is 5.26. The fraction of sp³-hybridized carbons (Fsp3) is 0.0435. The lowest BCUT2D eigenvalue weighted by Crippen LogP contribution is -1.97. The first kappa shape index (κ1) is 18.1. The van der Waals surface area contributed by atoms with Crippen molar-refractivity contribution >= 4 is 32.9 Å². The lowest BCUT2D eigenvalue weighted by molar-refractivity contribution is 0.416. The Hall–Kier alpha value is -2.96. The van der Waals surface area contributed by atoms with Gasteiger partial charge < -0.3 is 4.74 Å². The molecule has 0 fully saturated rings. The first-order valence-electron chi connectivity index (χ1n) is 9.06. The van der Waals surface area contributed by atoms with Crippen LogP contribution in [0.1, 0.15) is 0 Å². The van der Waals surface area contributed by atoms with E-state index in [2.05, 4.69) is 44.9 Å². The highest BCUT2D eigenvalue weighted by Crippen LogP contribution is 2.38. The largest absolute Gasteiger partial charge is 0.496 e. The molecule has 5 aromatic rings. The Morgan fingerprint density at radius 3 is 2.66 bits per heavy atom. The molecule has 6 heteroatoms. The molecular weight excluding hydrogens is 446 g/mol. The molecule has 0 saturated heterocycles. The Morgan fingerprint density at radius 2 is 1.86 bits per heavy atom. The van der Waals surface area contributed by atoms with Crippen molar-refractivity contribution in [2.24, 2.45) is 0 Å². The summed E-state index contributed by atoms with van der Waals surface area (Å²) in [6, 6.07) is 22.2. The lowest BCUT2D eigenvalue weighted by Gasteiger charge is -2.09. The van der Waals surface area contributed by atoms with E-state index in [4.69, 9.17) is 14.8 Å². The van der Waals surface area contributed by atoms with Gasteiger partial charge in [-0.15, -0.1) is 0 Å². The van der Waals surface area contributed by atoms with Gasteiger partial charge in [0.25, 0.3) is 0 Å². The number of benzene rings is 2. The number of imidazole rings is 1. The number of rotatable bonds is 4. The normalized spacial score (nSPS) is 11.1. The number of halogens is 1. The second-order valence-corrected chi connectivity index (χ2v) is 8.22. The molecule has 0 unspecified atom stereocenters. The minimum Gasteiger partial charge on any atom is -0.496 e. The highest BCUT2D eigenvalue weighted by atomic mass is 79.9. The van der Waals surface area contributed by atoms with Crippen LogP contribution in [0.5, 0.6) is 5.75 Å².